The van der Waals surface area contributed by atoms with E-state index >= 15 is 0 Å². The summed E-state index contributed by atoms with van der Waals surface area (Å²) in [6.07, 6.45) is 1.92. The number of aromatic amines is 1. The lowest BCUT2D eigenvalue weighted by atomic mass is 10.1. The molecule has 1 atom stereocenters. The topological polar surface area (TPSA) is 87.1 Å². The summed E-state index contributed by atoms with van der Waals surface area (Å²) in [5.74, 6) is 2.77. The molecule has 1 saturated heterocycles. The minimum atomic E-state index is -0.329. The second-order valence-electron chi connectivity index (χ2n) is 6.37. The Morgan fingerprint density at radius 2 is 2.00 bits per heavy atom. The highest BCUT2D eigenvalue weighted by atomic mass is 35.5. The second kappa shape index (κ2) is 7.25. The van der Waals surface area contributed by atoms with E-state index in [0.29, 0.717) is 11.4 Å². The van der Waals surface area contributed by atoms with Crippen molar-refractivity contribution in [1.82, 2.24) is 9.78 Å². The Bertz CT molecular complexity index is 905. The van der Waals surface area contributed by atoms with E-state index in [-0.39, 0.29) is 39.3 Å². The van der Waals surface area contributed by atoms with Crippen molar-refractivity contribution < 1.29 is 9.90 Å². The normalized spacial score (nSPS) is 21.1. The first-order chi connectivity index (χ1) is 12.5. The lowest BCUT2D eigenvalue weighted by Crippen LogP contribution is -2.22. The molecule has 1 aromatic carbocycles. The zero-order chi connectivity index (χ0) is 18.3. The van der Waals surface area contributed by atoms with Crippen LogP contribution in [0.15, 0.2) is 23.0 Å². The fraction of sp³-hybridized carbons (Fsp3) is 0.412. The number of rotatable bonds is 2. The Balaban J connectivity index is 1.82. The smallest absolute Gasteiger partial charge is 0.270 e. The Morgan fingerprint density at radius 3 is 2.73 bits per heavy atom. The first-order valence-electron chi connectivity index (χ1n) is 8.36. The number of hydrogen-bond acceptors (Lipinski definition) is 5. The van der Waals surface area contributed by atoms with Crippen molar-refractivity contribution in [3.8, 4) is 5.75 Å². The first kappa shape index (κ1) is 17.9. The number of carbonyl (C=O) groups is 1. The van der Waals surface area contributed by atoms with E-state index in [1.54, 1.807) is 12.1 Å². The number of aromatic hydroxyl groups is 1. The molecule has 0 spiro atoms. The van der Waals surface area contributed by atoms with Crippen LogP contribution in [0.3, 0.4) is 0 Å². The summed E-state index contributed by atoms with van der Waals surface area (Å²) in [7, 11) is 0. The molecule has 2 aliphatic rings. The van der Waals surface area contributed by atoms with Crippen molar-refractivity contribution >= 4 is 46.8 Å². The Kier molecular flexibility index (Phi) is 4.98. The van der Waals surface area contributed by atoms with Crippen molar-refractivity contribution in [3.05, 3.63) is 44.7 Å². The minimum absolute atomic E-state index is 0.00495. The van der Waals surface area contributed by atoms with E-state index in [9.17, 15) is 14.7 Å². The van der Waals surface area contributed by atoms with E-state index in [4.69, 9.17) is 11.6 Å². The first-order valence-corrected chi connectivity index (χ1v) is 10.9. The number of aromatic nitrogens is 2. The van der Waals surface area contributed by atoms with Crippen molar-refractivity contribution in [2.45, 2.75) is 24.1 Å². The third kappa shape index (κ3) is 3.25. The van der Waals surface area contributed by atoms with Crippen molar-refractivity contribution in [2.24, 2.45) is 0 Å². The number of benzene rings is 1. The molecular weight excluding hydrogens is 394 g/mol. The summed E-state index contributed by atoms with van der Waals surface area (Å²) in [5.41, 5.74) is 1.14. The highest BCUT2D eigenvalue weighted by molar-refractivity contribution is 8.00. The monoisotopic (exact) mass is 411 g/mol. The van der Waals surface area contributed by atoms with Gasteiger partial charge in [-0.2, -0.15) is 11.8 Å². The van der Waals surface area contributed by atoms with Gasteiger partial charge in [0.2, 0.25) is 5.91 Å². The molecule has 0 unspecified atom stereocenters. The van der Waals surface area contributed by atoms with Crippen LogP contribution in [-0.2, 0) is 4.79 Å². The van der Waals surface area contributed by atoms with E-state index in [1.807, 2.05) is 16.4 Å². The largest absolute Gasteiger partial charge is 0.506 e. The van der Waals surface area contributed by atoms with Crippen LogP contribution in [0.1, 0.15) is 35.3 Å². The number of amides is 1. The van der Waals surface area contributed by atoms with Gasteiger partial charge >= 0.3 is 0 Å². The molecule has 138 valence electrons. The summed E-state index contributed by atoms with van der Waals surface area (Å²) < 4.78 is 1.84. The fourth-order valence-electron chi connectivity index (χ4n) is 3.41. The summed E-state index contributed by atoms with van der Waals surface area (Å²) in [4.78, 5) is 25.1. The van der Waals surface area contributed by atoms with Gasteiger partial charge < -0.3 is 10.4 Å². The maximum absolute atomic E-state index is 12.8. The van der Waals surface area contributed by atoms with E-state index in [1.165, 1.54) is 17.8 Å². The highest BCUT2D eigenvalue weighted by Gasteiger charge is 2.32. The molecule has 6 nitrogen and oxygen atoms in total. The van der Waals surface area contributed by atoms with E-state index in [2.05, 4.69) is 10.4 Å². The second-order valence-corrected chi connectivity index (χ2v) is 9.09. The highest BCUT2D eigenvalue weighted by Crippen LogP contribution is 2.42. The van der Waals surface area contributed by atoms with Gasteiger partial charge in [0.15, 0.2) is 0 Å². The zero-order valence-electron chi connectivity index (χ0n) is 13.8. The van der Waals surface area contributed by atoms with Crippen LogP contribution in [0.2, 0.25) is 5.02 Å². The SMILES string of the molecule is O=C1CS[C@@H](c2ccc(O)c(Cl)c2)c2c(n(C3CCSCC3)[nH]c2=O)N1. The summed E-state index contributed by atoms with van der Waals surface area (Å²) >= 11 is 9.36. The number of hydrogen-bond donors (Lipinski definition) is 3. The van der Waals surface area contributed by atoms with Crippen molar-refractivity contribution in [3.63, 3.8) is 0 Å². The molecule has 9 heteroatoms. The molecule has 0 bridgehead atoms. The lowest BCUT2D eigenvalue weighted by molar-refractivity contribution is -0.113. The van der Waals surface area contributed by atoms with Crippen LogP contribution in [0.5, 0.6) is 5.75 Å². The molecule has 2 aliphatic heterocycles. The van der Waals surface area contributed by atoms with Crippen LogP contribution in [0.4, 0.5) is 5.82 Å². The summed E-state index contributed by atoms with van der Waals surface area (Å²) in [6, 6.07) is 5.09. The van der Waals surface area contributed by atoms with E-state index < -0.39 is 0 Å². The molecular formula is C17H18ClN3O3S2. The van der Waals surface area contributed by atoms with Gasteiger partial charge in [-0.05, 0) is 42.0 Å². The summed E-state index contributed by atoms with van der Waals surface area (Å²) in [5, 5.41) is 15.4. The van der Waals surface area contributed by atoms with Gasteiger partial charge in [-0.1, -0.05) is 17.7 Å². The molecule has 0 radical (unpaired) electrons. The number of nitrogens with one attached hydrogen (secondary N) is 2. The minimum Gasteiger partial charge on any atom is -0.506 e. The molecule has 3 heterocycles. The van der Waals surface area contributed by atoms with Crippen LogP contribution >= 0.6 is 35.1 Å². The molecule has 1 amide bonds. The van der Waals surface area contributed by atoms with Crippen LogP contribution in [-0.4, -0.2) is 38.1 Å². The number of carbonyl (C=O) groups excluding carboxylic acids is 1. The molecule has 0 aliphatic carbocycles. The molecule has 1 fully saturated rings. The fourth-order valence-corrected chi connectivity index (χ4v) is 5.80. The summed E-state index contributed by atoms with van der Waals surface area (Å²) in [6.45, 7) is 0. The van der Waals surface area contributed by atoms with E-state index in [0.717, 1.165) is 29.9 Å². The molecule has 0 saturated carbocycles. The lowest BCUT2D eigenvalue weighted by Gasteiger charge is -2.24. The van der Waals surface area contributed by atoms with Crippen LogP contribution in [0.25, 0.3) is 0 Å². The van der Waals surface area contributed by atoms with Crippen molar-refractivity contribution in [2.75, 3.05) is 22.6 Å². The van der Waals surface area contributed by atoms with Gasteiger partial charge in [0, 0.05) is 0 Å². The van der Waals surface area contributed by atoms with Gasteiger partial charge in [0.1, 0.15) is 11.6 Å². The van der Waals surface area contributed by atoms with Gasteiger partial charge in [0.05, 0.1) is 27.6 Å². The quantitative estimate of drug-likeness (QED) is 0.705. The molecule has 26 heavy (non-hydrogen) atoms. The molecule has 3 N–H and O–H groups in total. The molecule has 2 aromatic rings. The number of phenolic OH excluding ortho intramolecular Hbond substituents is 1. The Labute approximate surface area is 163 Å². The number of fused-ring (bicyclic) bond motifs is 1. The Hall–Kier alpha value is -1.51. The number of halogens is 1. The predicted molar refractivity (Wildman–Crippen MR) is 107 cm³/mol. The van der Waals surface area contributed by atoms with Gasteiger partial charge in [-0.3, -0.25) is 19.4 Å². The van der Waals surface area contributed by atoms with Gasteiger partial charge in [-0.25, -0.2) is 0 Å². The standard InChI is InChI=1S/C17H18ClN3O3S2/c18-11-7-9(1-2-12(11)22)15-14-16(19-13(23)8-26-15)21(20-17(14)24)10-3-5-25-6-4-10/h1-2,7,10,15,22H,3-6,8H2,(H,19,23)(H,20,24)/t15-/m0/s1. The average Bonchev–Trinajstić information content (AvgIpc) is 2.84. The Morgan fingerprint density at radius 1 is 1.23 bits per heavy atom. The number of H-pyrrole nitrogens is 1. The maximum atomic E-state index is 12.8. The molecule has 4 rings (SSSR count). The molecule has 1 aromatic heterocycles. The van der Waals surface area contributed by atoms with Gasteiger partial charge in [0.25, 0.3) is 5.56 Å². The number of thioether (sulfide) groups is 2. The van der Waals surface area contributed by atoms with Crippen LogP contribution < -0.4 is 10.9 Å². The zero-order valence-corrected chi connectivity index (χ0v) is 16.2. The van der Waals surface area contributed by atoms with Crippen LogP contribution in [0, 0.1) is 0 Å². The van der Waals surface area contributed by atoms with Crippen molar-refractivity contribution in [1.29, 1.82) is 0 Å². The maximum Gasteiger partial charge on any atom is 0.270 e. The van der Waals surface area contributed by atoms with Gasteiger partial charge in [-0.15, -0.1) is 11.8 Å². The average molecular weight is 412 g/mol. The third-order valence-electron chi connectivity index (χ3n) is 4.69. The number of phenols is 1. The predicted octanol–water partition coefficient (Wildman–Crippen LogP) is 3.38. The number of anilines is 1. The third-order valence-corrected chi connectivity index (χ3v) is 7.32. The number of nitrogens with zero attached hydrogens (tertiary/aromatic N) is 1.